The van der Waals surface area contributed by atoms with E-state index < -0.39 is 0 Å². The first kappa shape index (κ1) is 26.7. The Balaban J connectivity index is 1.20. The molecule has 0 spiro atoms. The van der Waals surface area contributed by atoms with Crippen molar-refractivity contribution in [2.24, 2.45) is 0 Å². The topological polar surface area (TPSA) is 52.6 Å². The van der Waals surface area contributed by atoms with E-state index in [9.17, 15) is 9.18 Å². The molecule has 39 heavy (non-hydrogen) atoms. The molecule has 200 valence electrons. The van der Waals surface area contributed by atoms with E-state index in [-0.39, 0.29) is 11.7 Å². The Morgan fingerprint density at radius 2 is 1.56 bits per heavy atom. The summed E-state index contributed by atoms with van der Waals surface area (Å²) in [5, 5.41) is 0.708. The number of carbonyl (C=O) groups excluding carboxylic acids is 1. The maximum absolute atomic E-state index is 14.2. The van der Waals surface area contributed by atoms with Crippen LogP contribution in [-0.4, -0.2) is 54.0 Å². The van der Waals surface area contributed by atoms with Gasteiger partial charge in [-0.3, -0.25) is 4.79 Å². The fraction of sp³-hybridized carbons (Fsp3) is 0.258. The predicted molar refractivity (Wildman–Crippen MR) is 156 cm³/mol. The van der Waals surface area contributed by atoms with E-state index in [4.69, 9.17) is 4.98 Å². The number of amides is 1. The van der Waals surface area contributed by atoms with E-state index >= 15 is 0 Å². The molecular formula is C31H32FN5OS. The molecule has 5 rings (SSSR count). The number of aryl methyl sites for hydroxylation is 1. The Labute approximate surface area is 233 Å². The number of nitrogens with zero attached hydrogens (tertiary/aromatic N) is 5. The van der Waals surface area contributed by atoms with E-state index in [1.54, 1.807) is 22.7 Å². The Morgan fingerprint density at radius 1 is 0.872 bits per heavy atom. The van der Waals surface area contributed by atoms with E-state index in [1.807, 2.05) is 86.8 Å². The van der Waals surface area contributed by atoms with Crippen molar-refractivity contribution >= 4 is 29.2 Å². The van der Waals surface area contributed by atoms with Crippen molar-refractivity contribution in [1.82, 2.24) is 14.9 Å². The molecule has 0 bridgehead atoms. The van der Waals surface area contributed by atoms with Crippen LogP contribution in [0.5, 0.6) is 0 Å². The molecule has 2 heterocycles. The summed E-state index contributed by atoms with van der Waals surface area (Å²) in [5.74, 6) is 1.36. The number of anilines is 2. The monoisotopic (exact) mass is 541 g/mol. The highest BCUT2D eigenvalue weighted by Crippen LogP contribution is 2.26. The molecule has 0 unspecified atom stereocenters. The summed E-state index contributed by atoms with van der Waals surface area (Å²) in [4.78, 5) is 28.6. The summed E-state index contributed by atoms with van der Waals surface area (Å²) in [6.45, 7) is 5.52. The van der Waals surface area contributed by atoms with Crippen LogP contribution in [0.1, 0.15) is 27.2 Å². The smallest absolute Gasteiger partial charge is 0.253 e. The van der Waals surface area contributed by atoms with Crippen LogP contribution in [0.4, 0.5) is 15.9 Å². The van der Waals surface area contributed by atoms with Crippen molar-refractivity contribution in [2.45, 2.75) is 24.4 Å². The summed E-state index contributed by atoms with van der Waals surface area (Å²) < 4.78 is 14.2. The van der Waals surface area contributed by atoms with E-state index in [0.29, 0.717) is 28.7 Å². The molecule has 1 aliphatic rings. The average molecular weight is 542 g/mol. The third-order valence-electron chi connectivity index (χ3n) is 6.77. The van der Waals surface area contributed by atoms with Crippen LogP contribution in [0.2, 0.25) is 0 Å². The molecular weight excluding hydrogens is 509 g/mol. The minimum atomic E-state index is -0.184. The minimum absolute atomic E-state index is 0.00526. The van der Waals surface area contributed by atoms with Crippen LogP contribution in [0, 0.1) is 12.7 Å². The SMILES string of the molecule is Cc1cc(N2CCN(c3ccccc3F)CC2)nc(SCc2cccc(C(=O)N(C)Cc3ccccc3)c2)n1. The maximum atomic E-state index is 14.2. The second kappa shape index (κ2) is 12.3. The van der Waals surface area contributed by atoms with Gasteiger partial charge in [0.05, 0.1) is 5.69 Å². The van der Waals surface area contributed by atoms with Gasteiger partial charge >= 0.3 is 0 Å². The number of benzene rings is 3. The Bertz CT molecular complexity index is 1430. The summed E-state index contributed by atoms with van der Waals surface area (Å²) >= 11 is 1.56. The van der Waals surface area contributed by atoms with Crippen LogP contribution in [-0.2, 0) is 12.3 Å². The largest absolute Gasteiger partial charge is 0.366 e. The fourth-order valence-electron chi connectivity index (χ4n) is 4.73. The van der Waals surface area contributed by atoms with Crippen molar-refractivity contribution in [3.63, 3.8) is 0 Å². The Hall–Kier alpha value is -3.91. The van der Waals surface area contributed by atoms with Crippen LogP contribution >= 0.6 is 11.8 Å². The summed E-state index contributed by atoms with van der Waals surface area (Å²) in [5.41, 5.74) is 4.38. The standard InChI is InChI=1S/C31H32FN5OS/c1-23-19-29(37-17-15-36(16-18-37)28-14-7-6-13-27(28)32)34-31(33-23)39-22-25-11-8-12-26(20-25)30(38)35(2)21-24-9-4-3-5-10-24/h3-14,19-20H,15-18,21-22H2,1-2H3. The number of carbonyl (C=O) groups is 1. The lowest BCUT2D eigenvalue weighted by atomic mass is 10.1. The molecule has 0 N–H and O–H groups in total. The summed E-state index contributed by atoms with van der Waals surface area (Å²) in [6, 6.07) is 26.7. The molecule has 6 nitrogen and oxygen atoms in total. The van der Waals surface area contributed by atoms with Gasteiger partial charge in [0.1, 0.15) is 11.6 Å². The maximum Gasteiger partial charge on any atom is 0.253 e. The van der Waals surface area contributed by atoms with Crippen LogP contribution < -0.4 is 9.80 Å². The van der Waals surface area contributed by atoms with Gasteiger partial charge in [0.2, 0.25) is 0 Å². The quantitative estimate of drug-likeness (QED) is 0.207. The zero-order valence-corrected chi connectivity index (χ0v) is 23.1. The molecule has 1 saturated heterocycles. The van der Waals surface area contributed by atoms with Gasteiger partial charge in [-0.1, -0.05) is 66.4 Å². The lowest BCUT2D eigenvalue weighted by Gasteiger charge is -2.37. The summed E-state index contributed by atoms with van der Waals surface area (Å²) in [6.07, 6.45) is 0. The molecule has 0 atom stereocenters. The zero-order chi connectivity index (χ0) is 27.2. The van der Waals surface area contributed by atoms with Gasteiger partial charge in [-0.15, -0.1) is 0 Å². The first-order valence-electron chi connectivity index (χ1n) is 13.1. The molecule has 0 aliphatic carbocycles. The van der Waals surface area contributed by atoms with Gasteiger partial charge in [-0.2, -0.15) is 0 Å². The molecule has 1 aliphatic heterocycles. The molecule has 0 radical (unpaired) electrons. The molecule has 3 aromatic carbocycles. The number of rotatable bonds is 8. The Kier molecular flexibility index (Phi) is 8.42. The third-order valence-corrected chi connectivity index (χ3v) is 7.69. The van der Waals surface area contributed by atoms with Gasteiger partial charge in [0, 0.05) is 62.8 Å². The lowest BCUT2D eigenvalue weighted by Crippen LogP contribution is -2.47. The molecule has 1 amide bonds. The summed E-state index contributed by atoms with van der Waals surface area (Å²) in [7, 11) is 1.83. The normalized spacial score (nSPS) is 13.4. The highest BCUT2D eigenvalue weighted by Gasteiger charge is 2.21. The number of hydrogen-bond acceptors (Lipinski definition) is 6. The van der Waals surface area contributed by atoms with E-state index in [1.165, 1.54) is 6.07 Å². The number of para-hydroxylation sites is 1. The fourth-order valence-corrected chi connectivity index (χ4v) is 5.57. The van der Waals surface area contributed by atoms with Crippen molar-refractivity contribution in [3.8, 4) is 0 Å². The van der Waals surface area contributed by atoms with Crippen molar-refractivity contribution in [2.75, 3.05) is 43.0 Å². The van der Waals surface area contributed by atoms with Crippen molar-refractivity contribution in [1.29, 1.82) is 0 Å². The van der Waals surface area contributed by atoms with E-state index in [0.717, 1.165) is 48.8 Å². The highest BCUT2D eigenvalue weighted by atomic mass is 32.2. The molecule has 1 aromatic heterocycles. The average Bonchev–Trinajstić information content (AvgIpc) is 2.96. The van der Waals surface area contributed by atoms with Gasteiger partial charge in [-0.05, 0) is 42.3 Å². The predicted octanol–water partition coefficient (Wildman–Crippen LogP) is 5.82. The molecule has 4 aromatic rings. The van der Waals surface area contributed by atoms with Gasteiger partial charge in [0.15, 0.2) is 5.16 Å². The second-order valence-corrected chi connectivity index (χ2v) is 10.7. The molecule has 1 fully saturated rings. The van der Waals surface area contributed by atoms with Crippen molar-refractivity contribution < 1.29 is 9.18 Å². The van der Waals surface area contributed by atoms with Gasteiger partial charge in [-0.25, -0.2) is 14.4 Å². The van der Waals surface area contributed by atoms with Gasteiger partial charge < -0.3 is 14.7 Å². The van der Waals surface area contributed by atoms with Crippen molar-refractivity contribution in [3.05, 3.63) is 113 Å². The molecule has 0 saturated carbocycles. The minimum Gasteiger partial charge on any atom is -0.366 e. The Morgan fingerprint density at radius 3 is 2.33 bits per heavy atom. The number of thioether (sulfide) groups is 1. The van der Waals surface area contributed by atoms with Gasteiger partial charge in [0.25, 0.3) is 5.91 Å². The second-order valence-electron chi connectivity index (χ2n) is 9.71. The lowest BCUT2D eigenvalue weighted by molar-refractivity contribution is 0.0785. The molecule has 8 heteroatoms. The van der Waals surface area contributed by atoms with Crippen LogP contribution in [0.15, 0.2) is 90.1 Å². The first-order valence-corrected chi connectivity index (χ1v) is 14.1. The highest BCUT2D eigenvalue weighted by molar-refractivity contribution is 7.98. The zero-order valence-electron chi connectivity index (χ0n) is 22.3. The third kappa shape index (κ3) is 6.75. The van der Waals surface area contributed by atoms with E-state index in [2.05, 4.69) is 14.8 Å². The number of piperazine rings is 1. The number of hydrogen-bond donors (Lipinski definition) is 0. The number of halogens is 1. The number of aromatic nitrogens is 2. The first-order chi connectivity index (χ1) is 19.0. The van der Waals surface area contributed by atoms with Crippen LogP contribution in [0.3, 0.4) is 0 Å². The van der Waals surface area contributed by atoms with Crippen LogP contribution in [0.25, 0.3) is 0 Å².